The zero-order valence-electron chi connectivity index (χ0n) is 15.2. The number of benzene rings is 1. The van der Waals surface area contributed by atoms with E-state index in [0.29, 0.717) is 10.7 Å². The molecule has 0 radical (unpaired) electrons. The van der Waals surface area contributed by atoms with Crippen molar-refractivity contribution >= 4 is 39.6 Å². The summed E-state index contributed by atoms with van der Waals surface area (Å²) in [5.41, 5.74) is 3.89. The van der Waals surface area contributed by atoms with Crippen LogP contribution in [0.4, 0.5) is 5.00 Å². The molecule has 0 aliphatic heterocycles. The highest BCUT2D eigenvalue weighted by Crippen LogP contribution is 2.33. The molecular formula is C19H24N2O2S2. The summed E-state index contributed by atoms with van der Waals surface area (Å²) in [4.78, 5) is 13.1. The van der Waals surface area contributed by atoms with Crippen molar-refractivity contribution in [1.29, 1.82) is 0 Å². The number of thiocarbonyl (C=S) groups is 1. The Kier molecular flexibility index (Phi) is 6.56. The fraction of sp³-hybridized carbons (Fsp3) is 0.368. The van der Waals surface area contributed by atoms with Crippen molar-refractivity contribution in [3.05, 3.63) is 51.4 Å². The van der Waals surface area contributed by atoms with Gasteiger partial charge in [-0.15, -0.1) is 11.3 Å². The molecule has 0 saturated heterocycles. The number of carbonyl (C=O) groups excluding carboxylic acids is 1. The lowest BCUT2D eigenvalue weighted by Crippen LogP contribution is -2.32. The normalized spacial score (nSPS) is 11.7. The van der Waals surface area contributed by atoms with Gasteiger partial charge in [0.15, 0.2) is 5.11 Å². The van der Waals surface area contributed by atoms with Crippen LogP contribution in [0.25, 0.3) is 0 Å². The molecule has 0 aliphatic carbocycles. The summed E-state index contributed by atoms with van der Waals surface area (Å²) < 4.78 is 4.90. The molecule has 0 saturated carbocycles. The number of methoxy groups -OCH3 is 1. The van der Waals surface area contributed by atoms with Crippen LogP contribution in [0.2, 0.25) is 0 Å². The SMILES string of the molecule is CCC(NC(=S)Nc1sc(C)c(C)c1C(=O)OC)c1ccc(C)cc1. The summed E-state index contributed by atoms with van der Waals surface area (Å²) in [6.45, 7) is 8.08. The number of rotatable bonds is 5. The summed E-state index contributed by atoms with van der Waals surface area (Å²) in [7, 11) is 1.39. The minimum absolute atomic E-state index is 0.115. The van der Waals surface area contributed by atoms with Gasteiger partial charge in [0.2, 0.25) is 0 Å². The van der Waals surface area contributed by atoms with Gasteiger partial charge in [-0.25, -0.2) is 4.79 Å². The maximum atomic E-state index is 12.1. The van der Waals surface area contributed by atoms with Crippen LogP contribution in [0, 0.1) is 20.8 Å². The summed E-state index contributed by atoms with van der Waals surface area (Å²) in [6.07, 6.45) is 0.900. The van der Waals surface area contributed by atoms with E-state index in [1.54, 1.807) is 0 Å². The average Bonchev–Trinajstić information content (AvgIpc) is 2.86. The topological polar surface area (TPSA) is 50.4 Å². The molecule has 0 amide bonds. The molecule has 2 aromatic rings. The highest BCUT2D eigenvalue weighted by atomic mass is 32.1. The molecule has 1 aromatic heterocycles. The third-order valence-corrected chi connectivity index (χ3v) is 5.54. The first-order valence-corrected chi connectivity index (χ1v) is 9.42. The highest BCUT2D eigenvalue weighted by Gasteiger charge is 2.21. The molecule has 0 aliphatic rings. The molecule has 2 rings (SSSR count). The molecule has 2 N–H and O–H groups in total. The Morgan fingerprint density at radius 1 is 1.24 bits per heavy atom. The minimum Gasteiger partial charge on any atom is -0.465 e. The maximum Gasteiger partial charge on any atom is 0.341 e. The van der Waals surface area contributed by atoms with Gasteiger partial charge in [0, 0.05) is 4.88 Å². The van der Waals surface area contributed by atoms with E-state index in [0.717, 1.165) is 21.9 Å². The quantitative estimate of drug-likeness (QED) is 0.574. The molecule has 1 heterocycles. The maximum absolute atomic E-state index is 12.1. The third-order valence-electron chi connectivity index (χ3n) is 4.20. The lowest BCUT2D eigenvalue weighted by molar-refractivity contribution is 0.0601. The lowest BCUT2D eigenvalue weighted by Gasteiger charge is -2.20. The first-order valence-electron chi connectivity index (χ1n) is 8.19. The molecule has 6 heteroatoms. The summed E-state index contributed by atoms with van der Waals surface area (Å²) in [6, 6.07) is 8.52. The summed E-state index contributed by atoms with van der Waals surface area (Å²) >= 11 is 6.98. The zero-order chi connectivity index (χ0) is 18.6. The van der Waals surface area contributed by atoms with Crippen LogP contribution in [0.3, 0.4) is 0 Å². The number of hydrogen-bond donors (Lipinski definition) is 2. The van der Waals surface area contributed by atoms with Gasteiger partial charge in [-0.1, -0.05) is 36.8 Å². The Morgan fingerprint density at radius 2 is 1.88 bits per heavy atom. The van der Waals surface area contributed by atoms with Gasteiger partial charge in [0.25, 0.3) is 0 Å². The van der Waals surface area contributed by atoms with Gasteiger partial charge < -0.3 is 15.4 Å². The second-order valence-corrected chi connectivity index (χ2v) is 7.58. The summed E-state index contributed by atoms with van der Waals surface area (Å²) in [5.74, 6) is -0.349. The molecule has 25 heavy (non-hydrogen) atoms. The van der Waals surface area contributed by atoms with E-state index in [2.05, 4.69) is 48.7 Å². The monoisotopic (exact) mass is 376 g/mol. The Morgan fingerprint density at radius 3 is 2.44 bits per heavy atom. The number of esters is 1. The van der Waals surface area contributed by atoms with Crippen LogP contribution in [0.5, 0.6) is 0 Å². The van der Waals surface area contributed by atoms with Gasteiger partial charge in [-0.3, -0.25) is 0 Å². The van der Waals surface area contributed by atoms with Crippen LogP contribution < -0.4 is 10.6 Å². The number of nitrogens with one attached hydrogen (secondary N) is 2. The predicted octanol–water partition coefficient (Wildman–Crippen LogP) is 4.90. The van der Waals surface area contributed by atoms with Crippen LogP contribution in [-0.4, -0.2) is 18.2 Å². The smallest absolute Gasteiger partial charge is 0.341 e. The molecule has 0 spiro atoms. The van der Waals surface area contributed by atoms with E-state index < -0.39 is 0 Å². The second-order valence-electron chi connectivity index (χ2n) is 5.95. The van der Waals surface area contributed by atoms with Crippen LogP contribution in [0.1, 0.15) is 51.3 Å². The fourth-order valence-corrected chi connectivity index (χ4v) is 3.94. The van der Waals surface area contributed by atoms with Crippen LogP contribution in [0.15, 0.2) is 24.3 Å². The first-order chi connectivity index (χ1) is 11.9. The van der Waals surface area contributed by atoms with Crippen molar-refractivity contribution in [2.24, 2.45) is 0 Å². The van der Waals surface area contributed by atoms with Gasteiger partial charge in [-0.05, 0) is 50.5 Å². The Balaban J connectivity index is 2.15. The number of hydrogen-bond acceptors (Lipinski definition) is 4. The van der Waals surface area contributed by atoms with E-state index in [-0.39, 0.29) is 12.0 Å². The highest BCUT2D eigenvalue weighted by molar-refractivity contribution is 7.80. The number of ether oxygens (including phenoxy) is 1. The Hall–Kier alpha value is -1.92. The third kappa shape index (κ3) is 4.58. The molecule has 1 unspecified atom stereocenters. The molecule has 0 bridgehead atoms. The second kappa shape index (κ2) is 8.45. The van der Waals surface area contributed by atoms with Crippen molar-refractivity contribution in [3.8, 4) is 0 Å². The lowest BCUT2D eigenvalue weighted by atomic mass is 10.0. The number of carbonyl (C=O) groups is 1. The van der Waals surface area contributed by atoms with Gasteiger partial charge in [0.1, 0.15) is 5.00 Å². The largest absolute Gasteiger partial charge is 0.465 e. The molecular weight excluding hydrogens is 352 g/mol. The fourth-order valence-electron chi connectivity index (χ4n) is 2.58. The van der Waals surface area contributed by atoms with Crippen LogP contribution >= 0.6 is 23.6 Å². The number of anilines is 1. The zero-order valence-corrected chi connectivity index (χ0v) is 16.9. The molecule has 1 aromatic carbocycles. The molecule has 4 nitrogen and oxygen atoms in total. The summed E-state index contributed by atoms with van der Waals surface area (Å²) in [5, 5.41) is 7.73. The number of thiophene rings is 1. The van der Waals surface area contributed by atoms with Gasteiger partial charge in [0.05, 0.1) is 18.7 Å². The molecule has 1 atom stereocenters. The van der Waals surface area contributed by atoms with E-state index in [4.69, 9.17) is 17.0 Å². The van der Waals surface area contributed by atoms with Crippen molar-refractivity contribution in [2.45, 2.75) is 40.2 Å². The molecule has 0 fully saturated rings. The predicted molar refractivity (Wildman–Crippen MR) is 109 cm³/mol. The van der Waals surface area contributed by atoms with E-state index >= 15 is 0 Å². The van der Waals surface area contributed by atoms with Crippen molar-refractivity contribution in [3.63, 3.8) is 0 Å². The van der Waals surface area contributed by atoms with E-state index in [9.17, 15) is 4.79 Å². The van der Waals surface area contributed by atoms with Crippen molar-refractivity contribution in [1.82, 2.24) is 5.32 Å². The Bertz CT molecular complexity index is 766. The van der Waals surface area contributed by atoms with Gasteiger partial charge >= 0.3 is 5.97 Å². The van der Waals surface area contributed by atoms with Crippen molar-refractivity contribution in [2.75, 3.05) is 12.4 Å². The molecule has 134 valence electrons. The minimum atomic E-state index is -0.349. The Labute approximate surface area is 158 Å². The van der Waals surface area contributed by atoms with E-state index in [1.165, 1.54) is 29.6 Å². The number of aryl methyl sites for hydroxylation is 2. The average molecular weight is 377 g/mol. The first kappa shape index (κ1) is 19.4. The van der Waals surface area contributed by atoms with Gasteiger partial charge in [-0.2, -0.15) is 0 Å². The van der Waals surface area contributed by atoms with Crippen LogP contribution in [-0.2, 0) is 4.74 Å². The van der Waals surface area contributed by atoms with Crippen molar-refractivity contribution < 1.29 is 9.53 Å². The van der Waals surface area contributed by atoms with E-state index in [1.807, 2.05) is 13.8 Å². The standard InChI is InChI=1S/C19H24N2O2S2/c1-6-15(14-9-7-11(2)8-10-14)20-19(24)21-17-16(18(22)23-5)12(3)13(4)25-17/h7-10,15H,6H2,1-5H3,(H2,20,21,24).